The van der Waals surface area contributed by atoms with Gasteiger partial charge in [0.2, 0.25) is 0 Å². The van der Waals surface area contributed by atoms with Crippen LogP contribution in [0.25, 0.3) is 0 Å². The van der Waals surface area contributed by atoms with Crippen molar-refractivity contribution in [3.05, 3.63) is 11.6 Å². The molecule has 1 nitrogen and oxygen atoms in total. The minimum absolute atomic E-state index is 0.189. The third kappa shape index (κ3) is 3.13. The van der Waals surface area contributed by atoms with E-state index in [1.807, 2.05) is 0 Å². The Bertz CT molecular complexity index is 259. The highest BCUT2D eigenvalue weighted by Crippen LogP contribution is 2.55. The molecule has 0 heterocycles. The van der Waals surface area contributed by atoms with Crippen molar-refractivity contribution in [3.63, 3.8) is 0 Å². The molecule has 0 aromatic rings. The highest BCUT2D eigenvalue weighted by molar-refractivity contribution is 5.08. The molecule has 0 bridgehead atoms. The molecular weight excluding hydrogens is 208 g/mol. The molecule has 1 fully saturated rings. The predicted octanol–water partition coefficient (Wildman–Crippen LogP) is 4.84. The van der Waals surface area contributed by atoms with Gasteiger partial charge in [0.1, 0.15) is 0 Å². The molecule has 100 valence electrons. The minimum Gasteiger partial charge on any atom is -0.389 e. The Labute approximate surface area is 107 Å². The third-order valence-electron chi connectivity index (χ3n) is 4.73. The first-order valence-electron chi connectivity index (χ1n) is 7.35. The Morgan fingerprint density at radius 3 is 2.29 bits per heavy atom. The Morgan fingerprint density at radius 2 is 1.94 bits per heavy atom. The van der Waals surface area contributed by atoms with Crippen LogP contribution in [-0.4, -0.2) is 10.7 Å². The van der Waals surface area contributed by atoms with Crippen LogP contribution in [0.15, 0.2) is 11.6 Å². The normalized spacial score (nSPS) is 21.5. The van der Waals surface area contributed by atoms with Crippen molar-refractivity contribution < 1.29 is 5.11 Å². The summed E-state index contributed by atoms with van der Waals surface area (Å²) >= 11 is 0. The number of allylic oxidation sites excluding steroid dienone is 2. The van der Waals surface area contributed by atoms with Gasteiger partial charge in [-0.3, -0.25) is 0 Å². The zero-order chi connectivity index (χ0) is 12.9. The van der Waals surface area contributed by atoms with Crippen LogP contribution in [-0.2, 0) is 0 Å². The van der Waals surface area contributed by atoms with E-state index >= 15 is 0 Å². The van der Waals surface area contributed by atoms with Crippen molar-refractivity contribution in [2.75, 3.05) is 0 Å². The Balaban J connectivity index is 2.77. The number of rotatable bonds is 7. The number of hydrogen-bond acceptors (Lipinski definition) is 1. The summed E-state index contributed by atoms with van der Waals surface area (Å²) in [4.78, 5) is 0. The second-order valence-corrected chi connectivity index (χ2v) is 6.11. The molecule has 0 saturated heterocycles. The van der Waals surface area contributed by atoms with E-state index in [2.05, 4.69) is 33.8 Å². The van der Waals surface area contributed by atoms with Gasteiger partial charge in [0.25, 0.3) is 0 Å². The molecule has 0 aliphatic heterocycles. The van der Waals surface area contributed by atoms with E-state index in [0.29, 0.717) is 0 Å². The lowest BCUT2D eigenvalue weighted by Gasteiger charge is -2.53. The van der Waals surface area contributed by atoms with E-state index in [1.165, 1.54) is 31.3 Å². The smallest absolute Gasteiger partial charge is 0.0704 e. The van der Waals surface area contributed by atoms with Crippen LogP contribution in [0, 0.1) is 5.41 Å². The molecule has 1 rings (SSSR count). The summed E-state index contributed by atoms with van der Waals surface area (Å²) in [5, 5.41) is 11.0. The molecule has 0 spiro atoms. The third-order valence-corrected chi connectivity index (χ3v) is 4.73. The molecule has 1 aliphatic carbocycles. The summed E-state index contributed by atoms with van der Waals surface area (Å²) in [6.07, 6.45) is 11.3. The largest absolute Gasteiger partial charge is 0.389 e. The average molecular weight is 238 g/mol. The molecule has 0 aromatic heterocycles. The standard InChI is InChI=1S/C16H30O/c1-5-7-12-16(17,6-2)15(10-8-11-15)13-9-14(3)4/h9,17H,5-8,10-13H2,1-4H3/t16-/m1/s1. The highest BCUT2D eigenvalue weighted by Gasteiger charge is 2.51. The van der Waals surface area contributed by atoms with Gasteiger partial charge < -0.3 is 5.11 Å². The van der Waals surface area contributed by atoms with E-state index in [-0.39, 0.29) is 5.41 Å². The van der Waals surface area contributed by atoms with Crippen LogP contribution in [0.2, 0.25) is 0 Å². The summed E-state index contributed by atoms with van der Waals surface area (Å²) in [5.41, 5.74) is 1.15. The van der Waals surface area contributed by atoms with Crippen LogP contribution in [0.5, 0.6) is 0 Å². The van der Waals surface area contributed by atoms with Crippen molar-refractivity contribution in [2.45, 2.75) is 84.7 Å². The first-order chi connectivity index (χ1) is 7.99. The second-order valence-electron chi connectivity index (χ2n) is 6.11. The van der Waals surface area contributed by atoms with E-state index in [0.717, 1.165) is 25.7 Å². The van der Waals surface area contributed by atoms with Crippen molar-refractivity contribution in [1.29, 1.82) is 0 Å². The van der Waals surface area contributed by atoms with Gasteiger partial charge in [-0.1, -0.05) is 44.8 Å². The molecule has 1 atom stereocenters. The van der Waals surface area contributed by atoms with Gasteiger partial charge in [-0.25, -0.2) is 0 Å². The number of hydrogen-bond donors (Lipinski definition) is 1. The maximum Gasteiger partial charge on any atom is 0.0704 e. The quantitative estimate of drug-likeness (QED) is 0.629. The fraction of sp³-hybridized carbons (Fsp3) is 0.875. The molecular formula is C16H30O. The lowest BCUT2D eigenvalue weighted by Crippen LogP contribution is -2.52. The van der Waals surface area contributed by atoms with Crippen LogP contribution in [0.4, 0.5) is 0 Å². The highest BCUT2D eigenvalue weighted by atomic mass is 16.3. The van der Waals surface area contributed by atoms with E-state index in [1.54, 1.807) is 0 Å². The van der Waals surface area contributed by atoms with Crippen molar-refractivity contribution in [3.8, 4) is 0 Å². The molecule has 1 saturated carbocycles. The number of aliphatic hydroxyl groups is 1. The summed E-state index contributed by atoms with van der Waals surface area (Å²) < 4.78 is 0. The topological polar surface area (TPSA) is 20.2 Å². The summed E-state index contributed by atoms with van der Waals surface area (Å²) in [6, 6.07) is 0. The van der Waals surface area contributed by atoms with Gasteiger partial charge in [-0.15, -0.1) is 0 Å². The molecule has 17 heavy (non-hydrogen) atoms. The lowest BCUT2D eigenvalue weighted by molar-refractivity contribution is -0.135. The van der Waals surface area contributed by atoms with Gasteiger partial charge in [0, 0.05) is 5.41 Å². The maximum atomic E-state index is 11.0. The van der Waals surface area contributed by atoms with Crippen LogP contribution < -0.4 is 0 Å². The lowest BCUT2D eigenvalue weighted by atomic mass is 9.55. The maximum absolute atomic E-state index is 11.0. The van der Waals surface area contributed by atoms with Crippen molar-refractivity contribution in [2.24, 2.45) is 5.41 Å². The molecule has 1 N–H and O–H groups in total. The second kappa shape index (κ2) is 6.04. The number of unbranched alkanes of at least 4 members (excludes halogenated alkanes) is 1. The zero-order valence-corrected chi connectivity index (χ0v) is 12.2. The summed E-state index contributed by atoms with van der Waals surface area (Å²) in [6.45, 7) is 8.67. The monoisotopic (exact) mass is 238 g/mol. The molecule has 1 heteroatoms. The summed E-state index contributed by atoms with van der Waals surface area (Å²) in [5.74, 6) is 0. The predicted molar refractivity (Wildman–Crippen MR) is 75.1 cm³/mol. The van der Waals surface area contributed by atoms with Gasteiger partial charge in [-0.05, 0) is 46.0 Å². The Morgan fingerprint density at radius 1 is 1.29 bits per heavy atom. The Hall–Kier alpha value is -0.300. The first-order valence-corrected chi connectivity index (χ1v) is 7.35. The van der Waals surface area contributed by atoms with E-state index < -0.39 is 5.60 Å². The van der Waals surface area contributed by atoms with Crippen LogP contribution in [0.3, 0.4) is 0 Å². The van der Waals surface area contributed by atoms with Gasteiger partial charge in [-0.2, -0.15) is 0 Å². The zero-order valence-electron chi connectivity index (χ0n) is 12.2. The first kappa shape index (κ1) is 14.8. The van der Waals surface area contributed by atoms with E-state index in [9.17, 15) is 5.11 Å². The average Bonchev–Trinajstić information content (AvgIpc) is 2.24. The molecule has 0 unspecified atom stereocenters. The van der Waals surface area contributed by atoms with Gasteiger partial charge >= 0.3 is 0 Å². The molecule has 1 aliphatic rings. The van der Waals surface area contributed by atoms with E-state index in [4.69, 9.17) is 0 Å². The fourth-order valence-corrected chi connectivity index (χ4v) is 3.15. The molecule has 0 radical (unpaired) electrons. The molecule has 0 amide bonds. The SMILES string of the molecule is CCCC[C@](O)(CC)C1(CC=C(C)C)CCC1. The van der Waals surface area contributed by atoms with Gasteiger partial charge in [0.05, 0.1) is 5.60 Å². The molecule has 0 aromatic carbocycles. The van der Waals surface area contributed by atoms with Crippen LogP contribution in [0.1, 0.15) is 79.1 Å². The summed E-state index contributed by atoms with van der Waals surface area (Å²) in [7, 11) is 0. The fourth-order valence-electron chi connectivity index (χ4n) is 3.15. The minimum atomic E-state index is -0.423. The van der Waals surface area contributed by atoms with Crippen molar-refractivity contribution in [1.82, 2.24) is 0 Å². The van der Waals surface area contributed by atoms with Gasteiger partial charge in [0.15, 0.2) is 0 Å². The Kier molecular flexibility index (Phi) is 5.24. The van der Waals surface area contributed by atoms with Crippen molar-refractivity contribution >= 4 is 0 Å². The van der Waals surface area contributed by atoms with Crippen LogP contribution >= 0.6 is 0 Å².